The molecule has 1 heterocycles. The third kappa shape index (κ3) is 2.34. The number of nitrogens with one attached hydrogen (secondary N) is 1. The monoisotopic (exact) mass is 232 g/mol. The van der Waals surface area contributed by atoms with Crippen molar-refractivity contribution in [2.75, 3.05) is 5.32 Å². The van der Waals surface area contributed by atoms with Crippen LogP contribution in [0.4, 0.5) is 5.82 Å². The van der Waals surface area contributed by atoms with Crippen molar-refractivity contribution in [1.29, 1.82) is 0 Å². The molecule has 0 radical (unpaired) electrons. The first kappa shape index (κ1) is 9.25. The Morgan fingerprint density at radius 2 is 2.50 bits per heavy atom. The minimum Gasteiger partial charge on any atom is -0.360 e. The maximum Gasteiger partial charge on any atom is 0.239 e. The van der Waals surface area contributed by atoms with Crippen molar-refractivity contribution in [2.45, 2.75) is 18.7 Å². The van der Waals surface area contributed by atoms with Crippen LogP contribution in [-0.4, -0.2) is 15.9 Å². The molecule has 0 aliphatic carbocycles. The van der Waals surface area contributed by atoms with E-state index in [1.54, 1.807) is 19.9 Å². The van der Waals surface area contributed by atoms with Crippen LogP contribution in [0.5, 0.6) is 0 Å². The Morgan fingerprint density at radius 1 is 1.83 bits per heavy atom. The van der Waals surface area contributed by atoms with Crippen LogP contribution in [-0.2, 0) is 4.79 Å². The Bertz CT molecular complexity index is 283. The van der Waals surface area contributed by atoms with Crippen LogP contribution in [0.1, 0.15) is 12.7 Å². The third-order valence-electron chi connectivity index (χ3n) is 1.24. The normalized spacial score (nSPS) is 12.6. The van der Waals surface area contributed by atoms with Gasteiger partial charge in [-0.15, -0.1) is 0 Å². The molecule has 1 N–H and O–H groups in total. The first-order chi connectivity index (χ1) is 5.59. The van der Waals surface area contributed by atoms with Gasteiger partial charge in [0.15, 0.2) is 5.82 Å². The lowest BCUT2D eigenvalue weighted by molar-refractivity contribution is -0.115. The van der Waals surface area contributed by atoms with Crippen molar-refractivity contribution in [3.8, 4) is 0 Å². The van der Waals surface area contributed by atoms with Gasteiger partial charge in [0.2, 0.25) is 5.91 Å². The highest BCUT2D eigenvalue weighted by Gasteiger charge is 2.10. The predicted molar refractivity (Wildman–Crippen MR) is 48.3 cm³/mol. The number of amides is 1. The summed E-state index contributed by atoms with van der Waals surface area (Å²) in [5, 5.41) is 6.18. The first-order valence-corrected chi connectivity index (χ1v) is 4.39. The van der Waals surface area contributed by atoms with Crippen LogP contribution in [0.3, 0.4) is 0 Å². The Labute approximate surface area is 78.4 Å². The maximum absolute atomic E-state index is 11.1. The molecular weight excluding hydrogens is 224 g/mol. The minimum atomic E-state index is -0.227. The number of hydrogen-bond acceptors (Lipinski definition) is 3. The molecule has 1 atom stereocenters. The smallest absolute Gasteiger partial charge is 0.239 e. The Hall–Kier alpha value is -0.840. The lowest BCUT2D eigenvalue weighted by atomic mass is 10.4. The average Bonchev–Trinajstić information content (AvgIpc) is 2.35. The zero-order valence-corrected chi connectivity index (χ0v) is 8.38. The van der Waals surface area contributed by atoms with Crippen molar-refractivity contribution >= 4 is 27.7 Å². The van der Waals surface area contributed by atoms with Crippen molar-refractivity contribution in [3.63, 3.8) is 0 Å². The standard InChI is InChI=1S/C7H9BrN2O2/c1-4-3-6(10-12-4)9-7(11)5(2)8/h3,5H,1-2H3,(H,9,10,11). The number of carbonyl (C=O) groups excluding carboxylic acids is 1. The summed E-state index contributed by atoms with van der Waals surface area (Å²) < 4.78 is 4.77. The van der Waals surface area contributed by atoms with E-state index in [0.717, 1.165) is 0 Å². The van der Waals surface area contributed by atoms with Gasteiger partial charge in [0.25, 0.3) is 0 Å². The van der Waals surface area contributed by atoms with E-state index in [4.69, 9.17) is 4.52 Å². The second-order valence-electron chi connectivity index (χ2n) is 2.43. The van der Waals surface area contributed by atoms with E-state index >= 15 is 0 Å². The van der Waals surface area contributed by atoms with E-state index in [0.29, 0.717) is 11.6 Å². The van der Waals surface area contributed by atoms with Crippen molar-refractivity contribution in [3.05, 3.63) is 11.8 Å². The summed E-state index contributed by atoms with van der Waals surface area (Å²) in [4.78, 5) is 10.9. The molecule has 0 aromatic carbocycles. The van der Waals surface area contributed by atoms with E-state index in [2.05, 4.69) is 26.4 Å². The second-order valence-corrected chi connectivity index (χ2v) is 3.80. The fourth-order valence-electron chi connectivity index (χ4n) is 0.651. The molecule has 1 rings (SSSR count). The molecular formula is C7H9BrN2O2. The molecule has 0 spiro atoms. The second kappa shape index (κ2) is 3.71. The largest absolute Gasteiger partial charge is 0.360 e. The first-order valence-electron chi connectivity index (χ1n) is 3.48. The number of aromatic nitrogens is 1. The molecule has 1 aromatic heterocycles. The Morgan fingerprint density at radius 3 is 2.92 bits per heavy atom. The lowest BCUT2D eigenvalue weighted by Crippen LogP contribution is -2.19. The van der Waals surface area contributed by atoms with E-state index in [1.807, 2.05) is 0 Å². The number of halogens is 1. The quantitative estimate of drug-likeness (QED) is 0.791. The number of anilines is 1. The summed E-state index contributed by atoms with van der Waals surface area (Å²) in [7, 11) is 0. The molecule has 1 unspecified atom stereocenters. The van der Waals surface area contributed by atoms with E-state index in [1.165, 1.54) is 0 Å². The number of carbonyl (C=O) groups is 1. The molecule has 0 aliphatic rings. The molecule has 0 aliphatic heterocycles. The molecule has 66 valence electrons. The van der Waals surface area contributed by atoms with Crippen LogP contribution in [0.2, 0.25) is 0 Å². The summed E-state index contributed by atoms with van der Waals surface area (Å²) >= 11 is 3.13. The Kier molecular flexibility index (Phi) is 2.86. The van der Waals surface area contributed by atoms with E-state index < -0.39 is 0 Å². The van der Waals surface area contributed by atoms with Crippen LogP contribution >= 0.6 is 15.9 Å². The summed E-state index contributed by atoms with van der Waals surface area (Å²) in [6.07, 6.45) is 0. The molecule has 1 aromatic rings. The topological polar surface area (TPSA) is 55.1 Å². The van der Waals surface area contributed by atoms with Crippen LogP contribution in [0.15, 0.2) is 10.6 Å². The van der Waals surface area contributed by atoms with Crippen LogP contribution in [0, 0.1) is 6.92 Å². The zero-order valence-electron chi connectivity index (χ0n) is 6.80. The minimum absolute atomic E-state index is 0.136. The van der Waals surface area contributed by atoms with Crippen molar-refractivity contribution in [2.24, 2.45) is 0 Å². The van der Waals surface area contributed by atoms with E-state index in [-0.39, 0.29) is 10.7 Å². The van der Waals surface area contributed by atoms with Crippen LogP contribution < -0.4 is 5.32 Å². The van der Waals surface area contributed by atoms with Crippen molar-refractivity contribution in [1.82, 2.24) is 5.16 Å². The molecule has 4 nitrogen and oxygen atoms in total. The van der Waals surface area contributed by atoms with Gasteiger partial charge in [0.1, 0.15) is 5.76 Å². The molecule has 0 saturated heterocycles. The van der Waals surface area contributed by atoms with Gasteiger partial charge in [-0.1, -0.05) is 21.1 Å². The van der Waals surface area contributed by atoms with Gasteiger partial charge in [-0.25, -0.2) is 0 Å². The van der Waals surface area contributed by atoms with Gasteiger partial charge in [-0.3, -0.25) is 4.79 Å². The molecule has 0 fully saturated rings. The average molecular weight is 233 g/mol. The SMILES string of the molecule is Cc1cc(NC(=O)C(C)Br)no1. The van der Waals surface area contributed by atoms with Crippen molar-refractivity contribution < 1.29 is 9.32 Å². The molecule has 12 heavy (non-hydrogen) atoms. The number of rotatable bonds is 2. The van der Waals surface area contributed by atoms with Gasteiger partial charge >= 0.3 is 0 Å². The predicted octanol–water partition coefficient (Wildman–Crippen LogP) is 1.70. The van der Waals surface area contributed by atoms with Crippen LogP contribution in [0.25, 0.3) is 0 Å². The highest BCUT2D eigenvalue weighted by Crippen LogP contribution is 2.08. The zero-order chi connectivity index (χ0) is 9.14. The Balaban J connectivity index is 2.58. The summed E-state index contributed by atoms with van der Waals surface area (Å²) in [5.74, 6) is 0.986. The van der Waals surface area contributed by atoms with Gasteiger partial charge in [-0.2, -0.15) is 0 Å². The summed E-state index contributed by atoms with van der Waals surface area (Å²) in [6, 6.07) is 1.66. The maximum atomic E-state index is 11.1. The lowest BCUT2D eigenvalue weighted by Gasteiger charge is -2.00. The molecule has 0 saturated carbocycles. The fourth-order valence-corrected chi connectivity index (χ4v) is 0.765. The highest BCUT2D eigenvalue weighted by atomic mass is 79.9. The molecule has 5 heteroatoms. The van der Waals surface area contributed by atoms with Gasteiger partial charge < -0.3 is 9.84 Å². The number of nitrogens with zero attached hydrogens (tertiary/aromatic N) is 1. The van der Waals surface area contributed by atoms with Gasteiger partial charge in [-0.05, 0) is 13.8 Å². The number of hydrogen-bond donors (Lipinski definition) is 1. The number of aryl methyl sites for hydroxylation is 1. The van der Waals surface area contributed by atoms with Gasteiger partial charge in [0, 0.05) is 6.07 Å². The summed E-state index contributed by atoms with van der Waals surface area (Å²) in [5.41, 5.74) is 0. The van der Waals surface area contributed by atoms with E-state index in [9.17, 15) is 4.79 Å². The summed E-state index contributed by atoms with van der Waals surface area (Å²) in [6.45, 7) is 3.50. The fraction of sp³-hybridized carbons (Fsp3) is 0.429. The number of alkyl halides is 1. The third-order valence-corrected chi connectivity index (χ3v) is 1.66. The van der Waals surface area contributed by atoms with Gasteiger partial charge in [0.05, 0.1) is 4.83 Å². The molecule has 0 bridgehead atoms. The highest BCUT2D eigenvalue weighted by molar-refractivity contribution is 9.10. The molecule has 1 amide bonds.